The molecule has 1 aliphatic heterocycles. The number of halogens is 3. The number of hydrogen-bond donors (Lipinski definition) is 1. The van der Waals surface area contributed by atoms with Crippen molar-refractivity contribution in [2.75, 3.05) is 16.8 Å². The van der Waals surface area contributed by atoms with Crippen LogP contribution >= 0.6 is 11.8 Å². The third kappa shape index (κ3) is 4.37. The van der Waals surface area contributed by atoms with Crippen LogP contribution in [0.3, 0.4) is 0 Å². The molecule has 0 atom stereocenters. The molecule has 8 heteroatoms. The standard InChI is InChI=1S/C18H15F3N2O2S/c19-18(20,21)26-13-9-7-12(8-10-13)17(25)22-14-4-1-2-5-15(14)23-11-3-6-16(23)24/h1-2,4-5,7-10H,3,6,11H2,(H,22,25). The Labute approximate surface area is 152 Å². The van der Waals surface area contributed by atoms with E-state index in [0.717, 1.165) is 6.42 Å². The minimum atomic E-state index is -4.37. The predicted molar refractivity (Wildman–Crippen MR) is 94.3 cm³/mol. The molecule has 0 radical (unpaired) electrons. The van der Waals surface area contributed by atoms with Gasteiger partial charge in [0.1, 0.15) is 0 Å². The summed E-state index contributed by atoms with van der Waals surface area (Å²) in [5.41, 5.74) is -3.03. The lowest BCUT2D eigenvalue weighted by molar-refractivity contribution is -0.117. The van der Waals surface area contributed by atoms with Crippen LogP contribution in [-0.2, 0) is 4.79 Å². The van der Waals surface area contributed by atoms with Crippen molar-refractivity contribution in [2.45, 2.75) is 23.2 Å². The Hall–Kier alpha value is -2.48. The van der Waals surface area contributed by atoms with Crippen molar-refractivity contribution in [3.05, 3.63) is 54.1 Å². The fourth-order valence-corrected chi connectivity index (χ4v) is 3.26. The molecule has 2 aromatic rings. The number of para-hydroxylation sites is 2. The number of alkyl halides is 3. The van der Waals surface area contributed by atoms with Crippen LogP contribution in [0.4, 0.5) is 24.5 Å². The highest BCUT2D eigenvalue weighted by atomic mass is 32.2. The lowest BCUT2D eigenvalue weighted by Crippen LogP contribution is -2.25. The minimum absolute atomic E-state index is 0.000211. The minimum Gasteiger partial charge on any atom is -0.320 e. The van der Waals surface area contributed by atoms with E-state index in [4.69, 9.17) is 0 Å². The second-order valence-electron chi connectivity index (χ2n) is 5.69. The molecule has 4 nitrogen and oxygen atoms in total. The Morgan fingerprint density at radius 3 is 2.38 bits per heavy atom. The van der Waals surface area contributed by atoms with E-state index in [0.29, 0.717) is 24.3 Å². The number of thioether (sulfide) groups is 1. The van der Waals surface area contributed by atoms with Gasteiger partial charge in [0.05, 0.1) is 11.4 Å². The van der Waals surface area contributed by atoms with Gasteiger partial charge < -0.3 is 10.2 Å². The number of amides is 2. The molecule has 1 saturated heterocycles. The largest absolute Gasteiger partial charge is 0.446 e. The number of nitrogens with zero attached hydrogens (tertiary/aromatic N) is 1. The second kappa shape index (κ2) is 7.41. The maximum absolute atomic E-state index is 12.4. The number of hydrogen-bond acceptors (Lipinski definition) is 3. The predicted octanol–water partition coefficient (Wildman–Crippen LogP) is 4.68. The molecule has 0 spiro atoms. The molecule has 0 aromatic heterocycles. The zero-order valence-electron chi connectivity index (χ0n) is 13.5. The third-order valence-corrected chi connectivity index (χ3v) is 4.61. The van der Waals surface area contributed by atoms with Crippen LogP contribution in [0.5, 0.6) is 0 Å². The summed E-state index contributed by atoms with van der Waals surface area (Å²) in [5.74, 6) is -0.451. The van der Waals surface area contributed by atoms with E-state index in [1.807, 2.05) is 0 Å². The Kier molecular flexibility index (Phi) is 5.22. The number of carbonyl (C=O) groups is 2. The van der Waals surface area contributed by atoms with Gasteiger partial charge in [0.25, 0.3) is 5.91 Å². The smallest absolute Gasteiger partial charge is 0.320 e. The lowest BCUT2D eigenvalue weighted by Gasteiger charge is -2.20. The highest BCUT2D eigenvalue weighted by Gasteiger charge is 2.29. The first kappa shape index (κ1) is 18.3. The summed E-state index contributed by atoms with van der Waals surface area (Å²) >= 11 is -0.231. The van der Waals surface area contributed by atoms with E-state index >= 15 is 0 Å². The molecule has 136 valence electrons. The van der Waals surface area contributed by atoms with E-state index < -0.39 is 11.4 Å². The molecule has 1 aliphatic rings. The van der Waals surface area contributed by atoms with Gasteiger partial charge >= 0.3 is 5.51 Å². The fourth-order valence-electron chi connectivity index (χ4n) is 2.72. The average molecular weight is 380 g/mol. The molecule has 2 amide bonds. The Bertz CT molecular complexity index is 822. The Balaban J connectivity index is 1.75. The van der Waals surface area contributed by atoms with Crippen LogP contribution in [0.15, 0.2) is 53.4 Å². The lowest BCUT2D eigenvalue weighted by atomic mass is 10.2. The molecule has 0 saturated carbocycles. The summed E-state index contributed by atoms with van der Waals surface area (Å²) in [7, 11) is 0. The zero-order valence-corrected chi connectivity index (χ0v) is 14.4. The summed E-state index contributed by atoms with van der Waals surface area (Å²) in [5, 5.41) is 2.73. The molecule has 3 rings (SSSR count). The first-order valence-corrected chi connectivity index (χ1v) is 8.72. The quantitative estimate of drug-likeness (QED) is 0.784. The van der Waals surface area contributed by atoms with Crippen LogP contribution < -0.4 is 10.2 Å². The van der Waals surface area contributed by atoms with Gasteiger partial charge in [-0.25, -0.2) is 0 Å². The second-order valence-corrected chi connectivity index (χ2v) is 6.83. The third-order valence-electron chi connectivity index (χ3n) is 3.87. The monoisotopic (exact) mass is 380 g/mol. The van der Waals surface area contributed by atoms with Gasteiger partial charge in [-0.3, -0.25) is 9.59 Å². The van der Waals surface area contributed by atoms with Crippen molar-refractivity contribution < 1.29 is 22.8 Å². The van der Waals surface area contributed by atoms with E-state index in [9.17, 15) is 22.8 Å². The van der Waals surface area contributed by atoms with Crippen LogP contribution in [-0.4, -0.2) is 23.9 Å². The molecule has 1 heterocycles. The molecule has 1 fully saturated rings. The van der Waals surface area contributed by atoms with Gasteiger partial charge in [-0.1, -0.05) is 12.1 Å². The summed E-state index contributed by atoms with van der Waals surface area (Å²) in [6.07, 6.45) is 1.24. The van der Waals surface area contributed by atoms with Crippen LogP contribution in [0.1, 0.15) is 23.2 Å². The van der Waals surface area contributed by atoms with E-state index in [2.05, 4.69) is 5.32 Å². The van der Waals surface area contributed by atoms with E-state index in [1.165, 1.54) is 24.3 Å². The molecule has 0 aliphatic carbocycles. The highest BCUT2D eigenvalue weighted by molar-refractivity contribution is 8.00. The maximum Gasteiger partial charge on any atom is 0.446 e. The summed E-state index contributed by atoms with van der Waals surface area (Å²) in [4.78, 5) is 26.0. The SMILES string of the molecule is O=C(Nc1ccccc1N1CCCC1=O)c1ccc(SC(F)(F)F)cc1. The van der Waals surface area contributed by atoms with Crippen LogP contribution in [0.25, 0.3) is 0 Å². The van der Waals surface area contributed by atoms with Crippen molar-refractivity contribution in [1.29, 1.82) is 0 Å². The summed E-state index contributed by atoms with van der Waals surface area (Å²) in [6, 6.07) is 12.1. The van der Waals surface area contributed by atoms with Crippen LogP contribution in [0, 0.1) is 0 Å². The normalized spacial score (nSPS) is 14.6. The molecule has 0 unspecified atom stereocenters. The van der Waals surface area contributed by atoms with Gasteiger partial charge in [-0.05, 0) is 54.6 Å². The number of anilines is 2. The van der Waals surface area contributed by atoms with E-state index in [1.54, 1.807) is 29.2 Å². The Morgan fingerprint density at radius 2 is 1.77 bits per heavy atom. The first-order chi connectivity index (χ1) is 12.3. The first-order valence-electron chi connectivity index (χ1n) is 7.90. The molecular weight excluding hydrogens is 365 g/mol. The molecule has 1 N–H and O–H groups in total. The van der Waals surface area contributed by atoms with Crippen molar-refractivity contribution in [3.63, 3.8) is 0 Å². The zero-order chi connectivity index (χ0) is 18.7. The molecule has 2 aromatic carbocycles. The topological polar surface area (TPSA) is 49.4 Å². The Morgan fingerprint density at radius 1 is 1.08 bits per heavy atom. The molecular formula is C18H15F3N2O2S. The fraction of sp³-hybridized carbons (Fsp3) is 0.222. The number of rotatable bonds is 4. The van der Waals surface area contributed by atoms with Gasteiger partial charge in [-0.15, -0.1) is 0 Å². The van der Waals surface area contributed by atoms with Crippen molar-refractivity contribution in [2.24, 2.45) is 0 Å². The van der Waals surface area contributed by atoms with Gasteiger partial charge in [0, 0.05) is 23.4 Å². The highest BCUT2D eigenvalue weighted by Crippen LogP contribution is 2.36. The van der Waals surface area contributed by atoms with Crippen molar-refractivity contribution in [1.82, 2.24) is 0 Å². The number of benzene rings is 2. The van der Waals surface area contributed by atoms with Crippen molar-refractivity contribution in [3.8, 4) is 0 Å². The van der Waals surface area contributed by atoms with Crippen molar-refractivity contribution >= 4 is 35.0 Å². The summed E-state index contributed by atoms with van der Waals surface area (Å²) in [6.45, 7) is 0.592. The van der Waals surface area contributed by atoms with E-state index in [-0.39, 0.29) is 28.1 Å². The van der Waals surface area contributed by atoms with Gasteiger partial charge in [0.2, 0.25) is 5.91 Å². The molecule has 26 heavy (non-hydrogen) atoms. The van der Waals surface area contributed by atoms with Gasteiger partial charge in [-0.2, -0.15) is 13.2 Å². The van der Waals surface area contributed by atoms with Gasteiger partial charge in [0.15, 0.2) is 0 Å². The molecule has 0 bridgehead atoms. The number of carbonyl (C=O) groups excluding carboxylic acids is 2. The van der Waals surface area contributed by atoms with Crippen LogP contribution in [0.2, 0.25) is 0 Å². The average Bonchev–Trinajstić information content (AvgIpc) is 3.00. The maximum atomic E-state index is 12.4. The summed E-state index contributed by atoms with van der Waals surface area (Å²) < 4.78 is 37.1. The number of nitrogens with one attached hydrogen (secondary N) is 1.